The lowest BCUT2D eigenvalue weighted by Gasteiger charge is -2.25. The summed E-state index contributed by atoms with van der Waals surface area (Å²) in [7, 11) is 0. The summed E-state index contributed by atoms with van der Waals surface area (Å²) in [4.78, 5) is 22.5. The molecular formula is C15H11NO4. The van der Waals surface area contributed by atoms with Crippen LogP contribution >= 0.6 is 0 Å². The number of rotatable bonds is 2. The molecule has 0 aromatic heterocycles. The first-order valence-corrected chi connectivity index (χ1v) is 6.17. The smallest absolute Gasteiger partial charge is 0.269 e. The van der Waals surface area contributed by atoms with Crippen LogP contribution in [0.5, 0.6) is 5.75 Å². The number of nitro benzene ring substituents is 1. The highest BCUT2D eigenvalue weighted by molar-refractivity contribution is 5.88. The maximum atomic E-state index is 12.1. The van der Waals surface area contributed by atoms with E-state index >= 15 is 0 Å². The van der Waals surface area contributed by atoms with Gasteiger partial charge in [-0.2, -0.15) is 0 Å². The molecule has 2 aromatic rings. The van der Waals surface area contributed by atoms with Gasteiger partial charge in [-0.25, -0.2) is 0 Å². The van der Waals surface area contributed by atoms with Crippen molar-refractivity contribution in [3.8, 4) is 5.75 Å². The van der Waals surface area contributed by atoms with Gasteiger partial charge in [0.05, 0.1) is 4.92 Å². The minimum absolute atomic E-state index is 0.0437. The molecule has 0 N–H and O–H groups in total. The molecule has 0 spiro atoms. The minimum atomic E-state index is -0.773. The molecule has 0 saturated heterocycles. The lowest BCUT2D eigenvalue weighted by Crippen LogP contribution is -2.25. The third-order valence-electron chi connectivity index (χ3n) is 3.26. The molecular weight excluding hydrogens is 258 g/mol. The van der Waals surface area contributed by atoms with Crippen LogP contribution in [-0.2, 0) is 11.2 Å². The number of Topliss-reactive ketones (excluding diaryl/α,β-unsaturated/α-hetero) is 1. The van der Waals surface area contributed by atoms with E-state index in [0.29, 0.717) is 11.3 Å². The number of ether oxygens (including phenoxy) is 1. The molecule has 0 aliphatic carbocycles. The summed E-state index contributed by atoms with van der Waals surface area (Å²) < 4.78 is 5.69. The van der Waals surface area contributed by atoms with Gasteiger partial charge in [0.25, 0.3) is 5.69 Å². The van der Waals surface area contributed by atoms with Crippen LogP contribution in [0.3, 0.4) is 0 Å². The number of carbonyl (C=O) groups is 1. The van der Waals surface area contributed by atoms with Crippen molar-refractivity contribution in [3.63, 3.8) is 0 Å². The lowest BCUT2D eigenvalue weighted by molar-refractivity contribution is -0.384. The first-order chi connectivity index (χ1) is 9.65. The SMILES string of the molecule is O=C1Cc2ccccc2OC1c1cccc([N+](=O)[O-])c1. The summed E-state index contributed by atoms with van der Waals surface area (Å²) in [5, 5.41) is 10.8. The predicted molar refractivity (Wildman–Crippen MR) is 71.6 cm³/mol. The van der Waals surface area contributed by atoms with Crippen LogP contribution in [0.4, 0.5) is 5.69 Å². The molecule has 1 aliphatic rings. The van der Waals surface area contributed by atoms with Crippen molar-refractivity contribution in [1.82, 2.24) is 0 Å². The number of ketones is 1. The Morgan fingerprint density at radius 1 is 1.15 bits per heavy atom. The highest BCUT2D eigenvalue weighted by Gasteiger charge is 2.29. The van der Waals surface area contributed by atoms with Crippen LogP contribution in [0.25, 0.3) is 0 Å². The van der Waals surface area contributed by atoms with Crippen molar-refractivity contribution in [2.24, 2.45) is 0 Å². The number of hydrogen-bond donors (Lipinski definition) is 0. The summed E-state index contributed by atoms with van der Waals surface area (Å²) >= 11 is 0. The highest BCUT2D eigenvalue weighted by atomic mass is 16.6. The number of hydrogen-bond acceptors (Lipinski definition) is 4. The molecule has 1 aliphatic heterocycles. The Morgan fingerprint density at radius 3 is 2.75 bits per heavy atom. The first kappa shape index (κ1) is 12.3. The summed E-state index contributed by atoms with van der Waals surface area (Å²) in [5.41, 5.74) is 1.32. The van der Waals surface area contributed by atoms with Gasteiger partial charge >= 0.3 is 0 Å². The number of para-hydroxylation sites is 1. The van der Waals surface area contributed by atoms with E-state index in [2.05, 4.69) is 0 Å². The van der Waals surface area contributed by atoms with Crippen LogP contribution in [0.2, 0.25) is 0 Å². The first-order valence-electron chi connectivity index (χ1n) is 6.17. The Hall–Kier alpha value is -2.69. The second-order valence-corrected chi connectivity index (χ2v) is 4.60. The van der Waals surface area contributed by atoms with Crippen molar-refractivity contribution < 1.29 is 14.5 Å². The maximum Gasteiger partial charge on any atom is 0.269 e. The zero-order valence-electron chi connectivity index (χ0n) is 10.5. The fourth-order valence-electron chi connectivity index (χ4n) is 2.29. The Kier molecular flexibility index (Phi) is 2.95. The topological polar surface area (TPSA) is 69.4 Å². The predicted octanol–water partition coefficient (Wildman–Crippen LogP) is 2.84. The monoisotopic (exact) mass is 269 g/mol. The molecule has 0 bridgehead atoms. The Labute approximate surface area is 115 Å². The van der Waals surface area contributed by atoms with Crippen LogP contribution < -0.4 is 4.74 Å². The van der Waals surface area contributed by atoms with Crippen LogP contribution in [0, 0.1) is 10.1 Å². The fourth-order valence-corrected chi connectivity index (χ4v) is 2.29. The molecule has 0 saturated carbocycles. The normalized spacial score (nSPS) is 17.2. The number of non-ortho nitro benzene ring substituents is 1. The van der Waals surface area contributed by atoms with E-state index < -0.39 is 11.0 Å². The van der Waals surface area contributed by atoms with Gasteiger partial charge in [0.1, 0.15) is 5.75 Å². The van der Waals surface area contributed by atoms with E-state index in [1.165, 1.54) is 12.1 Å². The number of benzene rings is 2. The average molecular weight is 269 g/mol. The molecule has 1 heterocycles. The summed E-state index contributed by atoms with van der Waals surface area (Å²) in [6, 6.07) is 13.3. The van der Waals surface area contributed by atoms with Gasteiger partial charge < -0.3 is 4.74 Å². The fraction of sp³-hybridized carbons (Fsp3) is 0.133. The molecule has 5 nitrogen and oxygen atoms in total. The van der Waals surface area contributed by atoms with Gasteiger partial charge in [-0.1, -0.05) is 30.3 Å². The maximum absolute atomic E-state index is 12.1. The van der Waals surface area contributed by atoms with Gasteiger partial charge in [0.2, 0.25) is 0 Å². The van der Waals surface area contributed by atoms with E-state index in [4.69, 9.17) is 4.74 Å². The molecule has 100 valence electrons. The van der Waals surface area contributed by atoms with Crippen molar-refractivity contribution in [2.45, 2.75) is 12.5 Å². The van der Waals surface area contributed by atoms with Crippen molar-refractivity contribution >= 4 is 11.5 Å². The van der Waals surface area contributed by atoms with Gasteiger partial charge in [-0.3, -0.25) is 14.9 Å². The van der Waals surface area contributed by atoms with Gasteiger partial charge in [-0.05, 0) is 6.07 Å². The molecule has 1 atom stereocenters. The zero-order chi connectivity index (χ0) is 14.1. The molecule has 0 radical (unpaired) electrons. The van der Waals surface area contributed by atoms with Gasteiger partial charge in [-0.15, -0.1) is 0 Å². The molecule has 2 aromatic carbocycles. The highest BCUT2D eigenvalue weighted by Crippen LogP contribution is 2.33. The Balaban J connectivity index is 1.97. The van der Waals surface area contributed by atoms with Gasteiger partial charge in [0, 0.05) is 29.7 Å². The van der Waals surface area contributed by atoms with E-state index in [1.54, 1.807) is 18.2 Å². The molecule has 20 heavy (non-hydrogen) atoms. The second kappa shape index (κ2) is 4.77. The molecule has 0 amide bonds. The standard InChI is InChI=1S/C15H11NO4/c17-13-9-10-4-1-2-7-14(10)20-15(13)11-5-3-6-12(8-11)16(18)19/h1-8,15H,9H2. The van der Waals surface area contributed by atoms with Crippen molar-refractivity contribution in [1.29, 1.82) is 0 Å². The average Bonchev–Trinajstić information content (AvgIpc) is 2.46. The summed E-state index contributed by atoms with van der Waals surface area (Å²) in [6.45, 7) is 0. The van der Waals surface area contributed by atoms with E-state index in [-0.39, 0.29) is 17.9 Å². The molecule has 5 heteroatoms. The third kappa shape index (κ3) is 2.14. The number of nitro groups is 1. The number of fused-ring (bicyclic) bond motifs is 1. The lowest BCUT2D eigenvalue weighted by atomic mass is 9.96. The van der Waals surface area contributed by atoms with E-state index in [1.807, 2.05) is 18.2 Å². The third-order valence-corrected chi connectivity index (χ3v) is 3.26. The van der Waals surface area contributed by atoms with Crippen LogP contribution in [-0.4, -0.2) is 10.7 Å². The number of carbonyl (C=O) groups excluding carboxylic acids is 1. The van der Waals surface area contributed by atoms with Gasteiger partial charge in [0.15, 0.2) is 11.9 Å². The number of nitrogens with zero attached hydrogens (tertiary/aromatic N) is 1. The largest absolute Gasteiger partial charge is 0.478 e. The molecule has 1 unspecified atom stereocenters. The van der Waals surface area contributed by atoms with E-state index in [0.717, 1.165) is 5.56 Å². The van der Waals surface area contributed by atoms with Crippen LogP contribution in [0.1, 0.15) is 17.2 Å². The van der Waals surface area contributed by atoms with Crippen molar-refractivity contribution in [3.05, 3.63) is 69.8 Å². The molecule has 3 rings (SSSR count). The molecule has 0 fully saturated rings. The summed E-state index contributed by atoms with van der Waals surface area (Å²) in [6.07, 6.45) is -0.492. The second-order valence-electron chi connectivity index (χ2n) is 4.60. The Morgan fingerprint density at radius 2 is 1.95 bits per heavy atom. The van der Waals surface area contributed by atoms with Crippen molar-refractivity contribution in [2.75, 3.05) is 0 Å². The summed E-state index contributed by atoms with van der Waals surface area (Å²) in [5.74, 6) is 0.563. The Bertz CT molecular complexity index is 696. The zero-order valence-corrected chi connectivity index (χ0v) is 10.5. The quantitative estimate of drug-likeness (QED) is 0.621. The van der Waals surface area contributed by atoms with Crippen LogP contribution in [0.15, 0.2) is 48.5 Å². The minimum Gasteiger partial charge on any atom is -0.478 e. The van der Waals surface area contributed by atoms with E-state index in [9.17, 15) is 14.9 Å².